The number of hydrogen-bond donors (Lipinski definition) is 1. The highest BCUT2D eigenvalue weighted by atomic mass is 32.1. The molecule has 3 heterocycles. The van der Waals surface area contributed by atoms with E-state index < -0.39 is 17.5 Å². The highest BCUT2D eigenvalue weighted by Crippen LogP contribution is 2.38. The summed E-state index contributed by atoms with van der Waals surface area (Å²) in [5.41, 5.74) is 0.849. The van der Waals surface area contributed by atoms with E-state index in [-0.39, 0.29) is 5.56 Å². The number of benzene rings is 2. The van der Waals surface area contributed by atoms with E-state index in [4.69, 9.17) is 9.15 Å². The average molecular weight is 463 g/mol. The number of amides is 1. The van der Waals surface area contributed by atoms with Crippen LogP contribution in [-0.2, 0) is 17.7 Å². The Morgan fingerprint density at radius 3 is 2.79 bits per heavy atom. The third kappa shape index (κ3) is 3.71. The fraction of sp³-hybridized carbons (Fsp3) is 0.240. The molecule has 0 saturated carbocycles. The Bertz CT molecular complexity index is 1470. The van der Waals surface area contributed by atoms with Crippen molar-refractivity contribution in [2.45, 2.75) is 19.9 Å². The zero-order valence-electron chi connectivity index (χ0n) is 18.3. The largest absolute Gasteiger partial charge is 0.465 e. The van der Waals surface area contributed by atoms with Gasteiger partial charge in [0.1, 0.15) is 16.1 Å². The molecule has 0 unspecified atom stereocenters. The van der Waals surface area contributed by atoms with Crippen molar-refractivity contribution in [2.24, 2.45) is 0 Å². The predicted octanol–water partition coefficient (Wildman–Crippen LogP) is 4.42. The van der Waals surface area contributed by atoms with Gasteiger partial charge in [-0.3, -0.25) is 9.69 Å². The summed E-state index contributed by atoms with van der Waals surface area (Å²) < 4.78 is 10.5. The zero-order chi connectivity index (χ0) is 23.1. The van der Waals surface area contributed by atoms with E-state index in [1.54, 1.807) is 12.1 Å². The van der Waals surface area contributed by atoms with Gasteiger partial charge in [-0.05, 0) is 41.4 Å². The van der Waals surface area contributed by atoms with Crippen LogP contribution in [-0.4, -0.2) is 37.0 Å². The zero-order valence-corrected chi connectivity index (χ0v) is 19.1. The van der Waals surface area contributed by atoms with Gasteiger partial charge in [0.15, 0.2) is 0 Å². The normalized spacial score (nSPS) is 13.8. The molecule has 1 aliphatic rings. The first-order valence-corrected chi connectivity index (χ1v) is 11.5. The number of thiophene rings is 1. The van der Waals surface area contributed by atoms with Gasteiger partial charge < -0.3 is 14.5 Å². The van der Waals surface area contributed by atoms with Crippen LogP contribution in [0.2, 0.25) is 0 Å². The van der Waals surface area contributed by atoms with Crippen LogP contribution in [0.3, 0.4) is 0 Å². The Balaban J connectivity index is 1.57. The molecular formula is C25H22N2O5S. The van der Waals surface area contributed by atoms with Gasteiger partial charge in [0, 0.05) is 23.4 Å². The standard InChI is InChI=1S/C25H22N2O5S/c1-3-27-11-10-16-20(13-27)33-23(21(16)25(30)31-2)26-22(28)18-12-17-15-7-5-4-6-14(15)8-9-19(17)32-24(18)29/h4-9,12H,3,10-11,13H2,1-2H3,(H,26,28). The van der Waals surface area contributed by atoms with E-state index in [0.717, 1.165) is 34.3 Å². The number of rotatable bonds is 4. The molecule has 1 aliphatic heterocycles. The smallest absolute Gasteiger partial charge is 0.349 e. The molecule has 168 valence electrons. The lowest BCUT2D eigenvalue weighted by Gasteiger charge is -2.25. The maximum atomic E-state index is 13.2. The molecule has 4 aromatic rings. The summed E-state index contributed by atoms with van der Waals surface area (Å²) in [5.74, 6) is -1.11. The summed E-state index contributed by atoms with van der Waals surface area (Å²) in [5, 5.41) is 5.72. The first-order chi connectivity index (χ1) is 16.0. The van der Waals surface area contributed by atoms with Gasteiger partial charge in [0.2, 0.25) is 0 Å². The predicted molar refractivity (Wildman–Crippen MR) is 128 cm³/mol. The van der Waals surface area contributed by atoms with E-state index in [1.165, 1.54) is 18.4 Å². The number of methoxy groups -OCH3 is 1. The summed E-state index contributed by atoms with van der Waals surface area (Å²) >= 11 is 1.35. The van der Waals surface area contributed by atoms with Crippen molar-refractivity contribution in [3.8, 4) is 0 Å². The van der Waals surface area contributed by atoms with Gasteiger partial charge in [0.05, 0.1) is 12.7 Å². The van der Waals surface area contributed by atoms with Gasteiger partial charge in [-0.15, -0.1) is 11.3 Å². The van der Waals surface area contributed by atoms with Crippen molar-refractivity contribution in [2.75, 3.05) is 25.5 Å². The second-order valence-electron chi connectivity index (χ2n) is 7.92. The number of anilines is 1. The molecule has 2 aromatic carbocycles. The topological polar surface area (TPSA) is 88.9 Å². The Labute approximate surface area is 193 Å². The first kappa shape index (κ1) is 21.4. The third-order valence-corrected chi connectivity index (χ3v) is 7.22. The second-order valence-corrected chi connectivity index (χ2v) is 9.02. The van der Waals surface area contributed by atoms with Gasteiger partial charge in [-0.2, -0.15) is 0 Å². The Morgan fingerprint density at radius 2 is 2.00 bits per heavy atom. The summed E-state index contributed by atoms with van der Waals surface area (Å²) in [6.45, 7) is 4.53. The lowest BCUT2D eigenvalue weighted by molar-refractivity contribution is 0.0600. The lowest BCUT2D eigenvalue weighted by atomic mass is 10.0. The molecule has 0 bridgehead atoms. The fourth-order valence-electron chi connectivity index (χ4n) is 4.33. The van der Waals surface area contributed by atoms with Crippen LogP contribution in [0.15, 0.2) is 51.7 Å². The average Bonchev–Trinajstić information content (AvgIpc) is 3.19. The second kappa shape index (κ2) is 8.46. The molecule has 0 aliphatic carbocycles. The number of carbonyl (C=O) groups excluding carboxylic acids is 2. The molecule has 1 N–H and O–H groups in total. The van der Waals surface area contributed by atoms with Crippen LogP contribution in [0, 0.1) is 0 Å². The van der Waals surface area contributed by atoms with Crippen molar-refractivity contribution in [3.63, 3.8) is 0 Å². The van der Waals surface area contributed by atoms with Crippen LogP contribution >= 0.6 is 11.3 Å². The minimum absolute atomic E-state index is 0.115. The summed E-state index contributed by atoms with van der Waals surface area (Å²) in [6, 6.07) is 12.8. The molecule has 7 nitrogen and oxygen atoms in total. The molecule has 5 rings (SSSR count). The number of fused-ring (bicyclic) bond motifs is 4. The SMILES string of the molecule is CCN1CCc2c(sc(NC(=O)c3cc4c(ccc5ccccc54)oc3=O)c2C(=O)OC)C1. The van der Waals surface area contributed by atoms with Crippen LogP contribution in [0.5, 0.6) is 0 Å². The van der Waals surface area contributed by atoms with Gasteiger partial charge in [-0.1, -0.05) is 37.3 Å². The fourth-order valence-corrected chi connectivity index (χ4v) is 5.61. The summed E-state index contributed by atoms with van der Waals surface area (Å²) in [7, 11) is 1.32. The molecule has 1 amide bonds. The highest BCUT2D eigenvalue weighted by Gasteiger charge is 2.29. The molecule has 2 aromatic heterocycles. The van der Waals surface area contributed by atoms with Crippen molar-refractivity contribution in [1.29, 1.82) is 0 Å². The molecule has 0 atom stereocenters. The van der Waals surface area contributed by atoms with Crippen LogP contribution in [0.25, 0.3) is 21.7 Å². The van der Waals surface area contributed by atoms with E-state index in [1.807, 2.05) is 30.3 Å². The van der Waals surface area contributed by atoms with Crippen molar-refractivity contribution >= 4 is 50.0 Å². The van der Waals surface area contributed by atoms with Gasteiger partial charge in [-0.25, -0.2) is 9.59 Å². The minimum Gasteiger partial charge on any atom is -0.465 e. The van der Waals surface area contributed by atoms with Crippen molar-refractivity contribution < 1.29 is 18.7 Å². The number of ether oxygens (including phenoxy) is 1. The Morgan fingerprint density at radius 1 is 1.18 bits per heavy atom. The lowest BCUT2D eigenvalue weighted by Crippen LogP contribution is -2.30. The van der Waals surface area contributed by atoms with Crippen molar-refractivity contribution in [3.05, 3.63) is 74.5 Å². The maximum Gasteiger partial charge on any atom is 0.349 e. The van der Waals surface area contributed by atoms with Crippen LogP contribution < -0.4 is 10.9 Å². The monoisotopic (exact) mass is 462 g/mol. The van der Waals surface area contributed by atoms with E-state index in [0.29, 0.717) is 34.5 Å². The molecule has 0 saturated heterocycles. The molecule has 33 heavy (non-hydrogen) atoms. The number of nitrogens with one attached hydrogen (secondary N) is 1. The maximum absolute atomic E-state index is 13.2. The van der Waals surface area contributed by atoms with E-state index in [2.05, 4.69) is 17.1 Å². The number of esters is 1. The molecule has 0 radical (unpaired) electrons. The molecule has 8 heteroatoms. The number of carbonyl (C=O) groups is 2. The Kier molecular flexibility index (Phi) is 5.47. The Hall–Kier alpha value is -3.49. The van der Waals surface area contributed by atoms with Gasteiger partial charge >= 0.3 is 11.6 Å². The van der Waals surface area contributed by atoms with Crippen LogP contribution in [0.1, 0.15) is 38.1 Å². The van der Waals surface area contributed by atoms with Gasteiger partial charge in [0.25, 0.3) is 5.91 Å². The highest BCUT2D eigenvalue weighted by molar-refractivity contribution is 7.17. The van der Waals surface area contributed by atoms with E-state index >= 15 is 0 Å². The molecule has 0 spiro atoms. The molecule has 0 fully saturated rings. The third-order valence-electron chi connectivity index (χ3n) is 6.09. The number of hydrogen-bond acceptors (Lipinski definition) is 7. The minimum atomic E-state index is -0.728. The molecular weight excluding hydrogens is 440 g/mol. The summed E-state index contributed by atoms with van der Waals surface area (Å²) in [4.78, 5) is 41.7. The summed E-state index contributed by atoms with van der Waals surface area (Å²) in [6.07, 6.45) is 0.698. The number of likely N-dealkylation sites (N-methyl/N-ethyl adjacent to an activating group) is 1. The van der Waals surface area contributed by atoms with E-state index in [9.17, 15) is 14.4 Å². The van der Waals surface area contributed by atoms with Crippen LogP contribution in [0.4, 0.5) is 5.00 Å². The van der Waals surface area contributed by atoms with Crippen molar-refractivity contribution in [1.82, 2.24) is 4.90 Å². The quantitative estimate of drug-likeness (QED) is 0.274. The first-order valence-electron chi connectivity index (χ1n) is 10.7. The number of nitrogens with zero attached hydrogens (tertiary/aromatic N) is 1.